The number of carbonyl (C=O) groups is 1. The zero-order chi connectivity index (χ0) is 19.4. The Morgan fingerprint density at radius 3 is 2.58 bits per heavy atom. The van der Waals surface area contributed by atoms with Gasteiger partial charge in [-0.25, -0.2) is 0 Å². The second-order valence-corrected chi connectivity index (χ2v) is 8.23. The highest BCUT2D eigenvalue weighted by Crippen LogP contribution is 2.45. The number of hydrogen-bond acceptors (Lipinski definition) is 2. The van der Waals surface area contributed by atoms with Crippen LogP contribution in [0.3, 0.4) is 0 Å². The molecular formula is C23H40O3. The van der Waals surface area contributed by atoms with Crippen molar-refractivity contribution in [1.29, 1.82) is 0 Å². The standard InChI is InChI=1S/C23H40O3/c1-5-6-13-20-14-11-17-23(22(24)25,21(20)15-18-26-4)16-10-8-7-9-12-19(2)3/h11,14,17,19,21H,5-10,12-13,15-16,18H2,1-4H3,(H,24,25). The first-order chi connectivity index (χ1) is 12.5. The van der Waals surface area contributed by atoms with Crippen LogP contribution in [-0.4, -0.2) is 24.8 Å². The van der Waals surface area contributed by atoms with Gasteiger partial charge in [0, 0.05) is 19.6 Å². The van der Waals surface area contributed by atoms with Crippen LogP contribution in [0.2, 0.25) is 0 Å². The summed E-state index contributed by atoms with van der Waals surface area (Å²) >= 11 is 0. The summed E-state index contributed by atoms with van der Waals surface area (Å²) in [7, 11) is 1.70. The molecule has 150 valence electrons. The van der Waals surface area contributed by atoms with Crippen molar-refractivity contribution in [2.75, 3.05) is 13.7 Å². The summed E-state index contributed by atoms with van der Waals surface area (Å²) in [5, 5.41) is 10.2. The number of aliphatic carboxylic acids is 1. The van der Waals surface area contributed by atoms with E-state index >= 15 is 0 Å². The molecule has 1 rings (SSSR count). The average molecular weight is 365 g/mol. The van der Waals surface area contributed by atoms with Crippen LogP contribution in [0.5, 0.6) is 0 Å². The number of carboxylic acids is 1. The molecule has 0 saturated heterocycles. The highest BCUT2D eigenvalue weighted by Gasteiger charge is 2.45. The highest BCUT2D eigenvalue weighted by molar-refractivity contribution is 5.79. The van der Waals surface area contributed by atoms with Crippen LogP contribution >= 0.6 is 0 Å². The zero-order valence-corrected chi connectivity index (χ0v) is 17.4. The van der Waals surface area contributed by atoms with Crippen molar-refractivity contribution in [3.63, 3.8) is 0 Å². The second kappa shape index (κ2) is 12.3. The van der Waals surface area contributed by atoms with Gasteiger partial charge in [-0.15, -0.1) is 0 Å². The maximum absolute atomic E-state index is 12.4. The summed E-state index contributed by atoms with van der Waals surface area (Å²) < 4.78 is 5.31. The van der Waals surface area contributed by atoms with Gasteiger partial charge in [0.2, 0.25) is 0 Å². The number of ether oxygens (including phenoxy) is 1. The Kier molecular flexibility index (Phi) is 10.9. The molecule has 3 nitrogen and oxygen atoms in total. The smallest absolute Gasteiger partial charge is 0.314 e. The number of carboxylic acid groups (broad SMARTS) is 1. The van der Waals surface area contributed by atoms with Crippen LogP contribution in [-0.2, 0) is 9.53 Å². The lowest BCUT2D eigenvalue weighted by Crippen LogP contribution is -2.40. The average Bonchev–Trinajstić information content (AvgIpc) is 2.61. The fourth-order valence-electron chi connectivity index (χ4n) is 4.13. The van der Waals surface area contributed by atoms with E-state index in [2.05, 4.69) is 26.8 Å². The Balaban J connectivity index is 2.78. The van der Waals surface area contributed by atoms with Crippen molar-refractivity contribution in [1.82, 2.24) is 0 Å². The van der Waals surface area contributed by atoms with Gasteiger partial charge in [-0.05, 0) is 31.6 Å². The molecule has 0 radical (unpaired) electrons. The van der Waals surface area contributed by atoms with Gasteiger partial charge in [0.15, 0.2) is 0 Å². The van der Waals surface area contributed by atoms with Crippen molar-refractivity contribution < 1.29 is 14.6 Å². The summed E-state index contributed by atoms with van der Waals surface area (Å²) in [6, 6.07) is 0. The normalized spacial score (nSPS) is 22.7. The molecule has 2 unspecified atom stereocenters. The fourth-order valence-corrected chi connectivity index (χ4v) is 4.13. The molecule has 0 aromatic rings. The van der Waals surface area contributed by atoms with E-state index in [1.807, 2.05) is 12.2 Å². The van der Waals surface area contributed by atoms with Crippen LogP contribution in [0.15, 0.2) is 23.8 Å². The number of allylic oxidation sites excluding steroid dienone is 3. The monoisotopic (exact) mass is 364 g/mol. The van der Waals surface area contributed by atoms with Crippen molar-refractivity contribution in [2.45, 2.75) is 85.0 Å². The molecule has 0 amide bonds. The SMILES string of the molecule is CCCCC1=CC=CC(CCCCCCC(C)C)(C(=O)O)C1CCOC. The van der Waals surface area contributed by atoms with Crippen molar-refractivity contribution in [2.24, 2.45) is 17.3 Å². The summed E-state index contributed by atoms with van der Waals surface area (Å²) in [5.41, 5.74) is 0.544. The number of hydrogen-bond donors (Lipinski definition) is 1. The third-order valence-corrected chi connectivity index (χ3v) is 5.72. The van der Waals surface area contributed by atoms with Crippen molar-refractivity contribution >= 4 is 5.97 Å². The summed E-state index contributed by atoms with van der Waals surface area (Å²) in [4.78, 5) is 12.4. The number of unbranched alkanes of at least 4 members (excludes halogenated alkanes) is 4. The number of rotatable bonds is 14. The maximum atomic E-state index is 12.4. The Hall–Kier alpha value is -1.09. The largest absolute Gasteiger partial charge is 0.481 e. The molecule has 0 spiro atoms. The molecule has 1 aliphatic carbocycles. The Labute approximate surface area is 160 Å². The van der Waals surface area contributed by atoms with Gasteiger partial charge in [-0.2, -0.15) is 0 Å². The number of methoxy groups -OCH3 is 1. The third-order valence-electron chi connectivity index (χ3n) is 5.72. The molecule has 0 heterocycles. The Morgan fingerprint density at radius 2 is 1.96 bits per heavy atom. The van der Waals surface area contributed by atoms with E-state index in [9.17, 15) is 9.90 Å². The highest BCUT2D eigenvalue weighted by atomic mass is 16.5. The quantitative estimate of drug-likeness (QED) is 0.363. The molecule has 0 aromatic carbocycles. The van der Waals surface area contributed by atoms with Gasteiger partial charge < -0.3 is 9.84 Å². The van der Waals surface area contributed by atoms with Crippen LogP contribution in [0.4, 0.5) is 0 Å². The first-order valence-electron chi connectivity index (χ1n) is 10.6. The van der Waals surface area contributed by atoms with Gasteiger partial charge in [-0.1, -0.05) is 83.1 Å². The van der Waals surface area contributed by atoms with Crippen LogP contribution < -0.4 is 0 Å². The predicted octanol–water partition coefficient (Wildman–Crippen LogP) is 6.39. The summed E-state index contributed by atoms with van der Waals surface area (Å²) in [6.07, 6.45) is 16.7. The minimum atomic E-state index is -0.756. The summed E-state index contributed by atoms with van der Waals surface area (Å²) in [5.74, 6) is 0.151. The molecule has 0 aliphatic heterocycles. The first kappa shape index (κ1) is 23.0. The minimum absolute atomic E-state index is 0.0622. The predicted molar refractivity (Wildman–Crippen MR) is 109 cm³/mol. The third kappa shape index (κ3) is 6.90. The van der Waals surface area contributed by atoms with E-state index in [1.165, 1.54) is 24.8 Å². The molecule has 0 saturated carbocycles. The molecule has 1 aliphatic rings. The maximum Gasteiger partial charge on any atom is 0.314 e. The van der Waals surface area contributed by atoms with E-state index in [1.54, 1.807) is 7.11 Å². The van der Waals surface area contributed by atoms with E-state index in [0.29, 0.717) is 6.61 Å². The van der Waals surface area contributed by atoms with E-state index in [-0.39, 0.29) is 5.92 Å². The summed E-state index contributed by atoms with van der Waals surface area (Å²) in [6.45, 7) is 7.32. The molecule has 0 fully saturated rings. The molecule has 2 atom stereocenters. The van der Waals surface area contributed by atoms with Gasteiger partial charge in [-0.3, -0.25) is 4.79 Å². The van der Waals surface area contributed by atoms with Crippen LogP contribution in [0.25, 0.3) is 0 Å². The Bertz CT molecular complexity index is 464. The molecule has 3 heteroatoms. The van der Waals surface area contributed by atoms with Crippen LogP contribution in [0, 0.1) is 17.3 Å². The minimum Gasteiger partial charge on any atom is -0.481 e. The Morgan fingerprint density at radius 1 is 1.23 bits per heavy atom. The van der Waals surface area contributed by atoms with E-state index < -0.39 is 11.4 Å². The second-order valence-electron chi connectivity index (χ2n) is 8.23. The van der Waals surface area contributed by atoms with Gasteiger partial charge in [0.05, 0.1) is 5.41 Å². The lowest BCUT2D eigenvalue weighted by molar-refractivity contribution is -0.149. The van der Waals surface area contributed by atoms with E-state index in [4.69, 9.17) is 4.74 Å². The topological polar surface area (TPSA) is 46.5 Å². The molecule has 26 heavy (non-hydrogen) atoms. The van der Waals surface area contributed by atoms with Gasteiger partial charge in [0.1, 0.15) is 0 Å². The molecule has 0 aromatic heterocycles. The lowest BCUT2D eigenvalue weighted by atomic mass is 9.64. The van der Waals surface area contributed by atoms with Crippen LogP contribution in [0.1, 0.15) is 85.0 Å². The molecular weight excluding hydrogens is 324 g/mol. The molecule has 1 N–H and O–H groups in total. The van der Waals surface area contributed by atoms with Crippen molar-refractivity contribution in [3.8, 4) is 0 Å². The van der Waals surface area contributed by atoms with Gasteiger partial charge in [0.25, 0.3) is 0 Å². The fraction of sp³-hybridized carbons (Fsp3) is 0.783. The van der Waals surface area contributed by atoms with Crippen molar-refractivity contribution in [3.05, 3.63) is 23.8 Å². The lowest BCUT2D eigenvalue weighted by Gasteiger charge is -2.39. The zero-order valence-electron chi connectivity index (χ0n) is 17.4. The van der Waals surface area contributed by atoms with E-state index in [0.717, 1.165) is 50.9 Å². The van der Waals surface area contributed by atoms with Gasteiger partial charge >= 0.3 is 5.97 Å². The first-order valence-corrected chi connectivity index (χ1v) is 10.6. The molecule has 0 bridgehead atoms.